The van der Waals surface area contributed by atoms with Gasteiger partial charge in [-0.3, -0.25) is 0 Å². The van der Waals surface area contributed by atoms with Crippen molar-refractivity contribution in [3.05, 3.63) is 35.4 Å². The van der Waals surface area contributed by atoms with Gasteiger partial charge in [-0.2, -0.15) is 0 Å². The normalized spacial score (nSPS) is 24.6. The Bertz CT molecular complexity index is 241. The zero-order valence-corrected chi connectivity index (χ0v) is 8.62. The maximum absolute atomic E-state index is 9.55. The standard InChI is InChI=1S/C10H12O.C2H6/c1-7-6-10(11)9-5-3-2-4-8(7)9;1-2/h2-5,7,10-11H,6H2,1H3;1-2H3/t7-,10?;/m1./s1. The fraction of sp³-hybridized carbons (Fsp3) is 0.500. The number of hydrogen-bond acceptors (Lipinski definition) is 1. The van der Waals surface area contributed by atoms with Gasteiger partial charge in [-0.05, 0) is 23.5 Å². The summed E-state index contributed by atoms with van der Waals surface area (Å²) in [5.74, 6) is 0.529. The fourth-order valence-corrected chi connectivity index (χ4v) is 1.85. The van der Waals surface area contributed by atoms with Crippen LogP contribution in [0.3, 0.4) is 0 Å². The van der Waals surface area contributed by atoms with Crippen molar-refractivity contribution in [2.24, 2.45) is 0 Å². The molecule has 0 bridgehead atoms. The lowest BCUT2D eigenvalue weighted by atomic mass is 10.0. The Labute approximate surface area is 80.4 Å². The summed E-state index contributed by atoms with van der Waals surface area (Å²) >= 11 is 0. The van der Waals surface area contributed by atoms with E-state index in [2.05, 4.69) is 13.0 Å². The van der Waals surface area contributed by atoms with Crippen molar-refractivity contribution in [1.29, 1.82) is 0 Å². The molecule has 0 radical (unpaired) electrons. The van der Waals surface area contributed by atoms with Gasteiger partial charge in [0.25, 0.3) is 0 Å². The summed E-state index contributed by atoms with van der Waals surface area (Å²) in [7, 11) is 0. The van der Waals surface area contributed by atoms with E-state index in [-0.39, 0.29) is 6.10 Å². The van der Waals surface area contributed by atoms with E-state index < -0.39 is 0 Å². The van der Waals surface area contributed by atoms with Crippen LogP contribution in [0.5, 0.6) is 0 Å². The number of aliphatic hydroxyl groups excluding tert-OH is 1. The van der Waals surface area contributed by atoms with E-state index in [0.29, 0.717) is 5.92 Å². The molecule has 0 saturated heterocycles. The first-order valence-electron chi connectivity index (χ1n) is 5.06. The van der Waals surface area contributed by atoms with Crippen LogP contribution in [0.2, 0.25) is 0 Å². The molecule has 1 aliphatic rings. The van der Waals surface area contributed by atoms with Crippen molar-refractivity contribution >= 4 is 0 Å². The Balaban J connectivity index is 0.000000396. The molecule has 0 saturated carbocycles. The molecule has 2 atom stereocenters. The molecule has 72 valence electrons. The first kappa shape index (κ1) is 10.3. The third-order valence-corrected chi connectivity index (χ3v) is 2.46. The van der Waals surface area contributed by atoms with Gasteiger partial charge in [0.05, 0.1) is 6.10 Å². The molecule has 0 aromatic heterocycles. The first-order chi connectivity index (χ1) is 6.29. The van der Waals surface area contributed by atoms with E-state index in [1.54, 1.807) is 0 Å². The van der Waals surface area contributed by atoms with Crippen LogP contribution in [-0.2, 0) is 0 Å². The summed E-state index contributed by atoms with van der Waals surface area (Å²) in [5.41, 5.74) is 2.44. The van der Waals surface area contributed by atoms with Gasteiger partial charge in [-0.1, -0.05) is 45.0 Å². The lowest BCUT2D eigenvalue weighted by Gasteiger charge is -2.01. The SMILES string of the molecule is CC.C[C@@H]1CC(O)c2ccccc21. The van der Waals surface area contributed by atoms with Crippen molar-refractivity contribution in [2.45, 2.75) is 39.2 Å². The largest absolute Gasteiger partial charge is 0.388 e. The third-order valence-electron chi connectivity index (χ3n) is 2.46. The van der Waals surface area contributed by atoms with Crippen LogP contribution in [-0.4, -0.2) is 5.11 Å². The number of rotatable bonds is 0. The van der Waals surface area contributed by atoms with Gasteiger partial charge in [-0.25, -0.2) is 0 Å². The van der Waals surface area contributed by atoms with E-state index in [1.807, 2.05) is 32.0 Å². The second-order valence-electron chi connectivity index (χ2n) is 3.28. The molecule has 2 rings (SSSR count). The Hall–Kier alpha value is -0.820. The van der Waals surface area contributed by atoms with Gasteiger partial charge in [0, 0.05) is 0 Å². The summed E-state index contributed by atoms with van der Waals surface area (Å²) in [6.45, 7) is 6.16. The zero-order valence-electron chi connectivity index (χ0n) is 8.62. The van der Waals surface area contributed by atoms with E-state index in [1.165, 1.54) is 5.56 Å². The van der Waals surface area contributed by atoms with Gasteiger partial charge in [-0.15, -0.1) is 0 Å². The molecule has 1 N–H and O–H groups in total. The topological polar surface area (TPSA) is 20.2 Å². The van der Waals surface area contributed by atoms with Crippen molar-refractivity contribution in [3.63, 3.8) is 0 Å². The highest BCUT2D eigenvalue weighted by atomic mass is 16.3. The van der Waals surface area contributed by atoms with E-state index in [4.69, 9.17) is 0 Å². The lowest BCUT2D eigenvalue weighted by Crippen LogP contribution is -1.88. The predicted molar refractivity (Wildman–Crippen MR) is 55.8 cm³/mol. The predicted octanol–water partition coefficient (Wildman–Crippen LogP) is 3.25. The van der Waals surface area contributed by atoms with Crippen LogP contribution in [0.4, 0.5) is 0 Å². The summed E-state index contributed by atoms with van der Waals surface area (Å²) in [5, 5.41) is 9.55. The molecule has 1 heteroatoms. The number of aliphatic hydroxyl groups is 1. The van der Waals surface area contributed by atoms with Crippen molar-refractivity contribution < 1.29 is 5.11 Å². The number of hydrogen-bond donors (Lipinski definition) is 1. The molecule has 1 nitrogen and oxygen atoms in total. The van der Waals surface area contributed by atoms with Gasteiger partial charge >= 0.3 is 0 Å². The van der Waals surface area contributed by atoms with Gasteiger partial charge in [0.2, 0.25) is 0 Å². The summed E-state index contributed by atoms with van der Waals surface area (Å²) in [6.07, 6.45) is 0.667. The maximum atomic E-state index is 9.55. The van der Waals surface area contributed by atoms with E-state index >= 15 is 0 Å². The molecule has 0 aliphatic heterocycles. The van der Waals surface area contributed by atoms with Crippen LogP contribution < -0.4 is 0 Å². The molecule has 1 unspecified atom stereocenters. The summed E-state index contributed by atoms with van der Waals surface area (Å²) < 4.78 is 0. The highest BCUT2D eigenvalue weighted by molar-refractivity contribution is 5.36. The summed E-state index contributed by atoms with van der Waals surface area (Å²) in [6, 6.07) is 8.15. The third kappa shape index (κ3) is 1.92. The molecule has 1 aromatic carbocycles. The van der Waals surface area contributed by atoms with Crippen LogP contribution >= 0.6 is 0 Å². The minimum absolute atomic E-state index is 0.221. The fourth-order valence-electron chi connectivity index (χ4n) is 1.85. The molecule has 1 aliphatic carbocycles. The molecule has 1 aromatic rings. The van der Waals surface area contributed by atoms with Gasteiger partial charge < -0.3 is 5.11 Å². The number of benzene rings is 1. The number of fused-ring (bicyclic) bond motifs is 1. The smallest absolute Gasteiger partial charge is 0.0798 e. The Kier molecular flexibility index (Phi) is 3.49. The molecule has 0 amide bonds. The molecule has 0 heterocycles. The highest BCUT2D eigenvalue weighted by Gasteiger charge is 2.25. The van der Waals surface area contributed by atoms with Crippen LogP contribution in [0.1, 0.15) is 50.3 Å². The monoisotopic (exact) mass is 178 g/mol. The molecule has 0 fully saturated rings. The molecular weight excluding hydrogens is 160 g/mol. The lowest BCUT2D eigenvalue weighted by molar-refractivity contribution is 0.174. The highest BCUT2D eigenvalue weighted by Crippen LogP contribution is 2.39. The van der Waals surface area contributed by atoms with Gasteiger partial charge in [0.15, 0.2) is 0 Å². The van der Waals surface area contributed by atoms with E-state index in [9.17, 15) is 5.11 Å². The second-order valence-corrected chi connectivity index (χ2v) is 3.28. The Morgan fingerprint density at radius 2 is 1.69 bits per heavy atom. The van der Waals surface area contributed by atoms with E-state index in [0.717, 1.165) is 12.0 Å². The average molecular weight is 178 g/mol. The Morgan fingerprint density at radius 1 is 1.15 bits per heavy atom. The minimum atomic E-state index is -0.221. The first-order valence-corrected chi connectivity index (χ1v) is 5.06. The second kappa shape index (κ2) is 4.43. The molecule has 0 spiro atoms. The zero-order chi connectivity index (χ0) is 9.84. The maximum Gasteiger partial charge on any atom is 0.0798 e. The van der Waals surface area contributed by atoms with Gasteiger partial charge in [0.1, 0.15) is 0 Å². The van der Waals surface area contributed by atoms with Crippen molar-refractivity contribution in [3.8, 4) is 0 Å². The Morgan fingerprint density at radius 3 is 2.23 bits per heavy atom. The van der Waals surface area contributed by atoms with Crippen molar-refractivity contribution in [1.82, 2.24) is 0 Å². The van der Waals surface area contributed by atoms with Crippen LogP contribution in [0.25, 0.3) is 0 Å². The van der Waals surface area contributed by atoms with Crippen LogP contribution in [0.15, 0.2) is 24.3 Å². The minimum Gasteiger partial charge on any atom is -0.388 e. The molecular formula is C12H18O. The summed E-state index contributed by atoms with van der Waals surface area (Å²) in [4.78, 5) is 0. The van der Waals surface area contributed by atoms with Crippen molar-refractivity contribution in [2.75, 3.05) is 0 Å². The average Bonchev–Trinajstić information content (AvgIpc) is 2.47. The van der Waals surface area contributed by atoms with Crippen LogP contribution in [0, 0.1) is 0 Å². The molecule has 13 heavy (non-hydrogen) atoms. The quantitative estimate of drug-likeness (QED) is 0.646.